The van der Waals surface area contributed by atoms with E-state index in [1.807, 2.05) is 31.2 Å². The quantitative estimate of drug-likeness (QED) is 0.202. The monoisotopic (exact) mass is 590 g/mol. The molecule has 0 aliphatic carbocycles. The highest BCUT2D eigenvalue weighted by molar-refractivity contribution is 6.08. The fraction of sp³-hybridized carbons (Fsp3) is 0.182. The lowest BCUT2D eigenvalue weighted by Crippen LogP contribution is -2.44. The Balaban J connectivity index is 1.19. The van der Waals surface area contributed by atoms with Gasteiger partial charge in [-0.3, -0.25) is 14.4 Å². The molecule has 3 aromatic carbocycles. The number of rotatable bonds is 9. The number of nitrogens with zero attached hydrogens (tertiary/aromatic N) is 4. The van der Waals surface area contributed by atoms with Crippen molar-refractivity contribution in [3.8, 4) is 0 Å². The predicted molar refractivity (Wildman–Crippen MR) is 174 cm³/mol. The number of nitrogens with one attached hydrogen (secondary N) is 4. The van der Waals surface area contributed by atoms with Crippen molar-refractivity contribution >= 4 is 52.1 Å². The summed E-state index contributed by atoms with van der Waals surface area (Å²) < 4.78 is 0. The number of likely N-dealkylation sites (N-methyl/N-ethyl adjacent to an activating group) is 1. The predicted octanol–water partition coefficient (Wildman–Crippen LogP) is 4.91. The second-order valence-electron chi connectivity index (χ2n) is 10.5. The molecule has 44 heavy (non-hydrogen) atoms. The van der Waals surface area contributed by atoms with E-state index in [4.69, 9.17) is 0 Å². The van der Waals surface area contributed by atoms with Crippen molar-refractivity contribution in [2.75, 3.05) is 59.4 Å². The minimum absolute atomic E-state index is 0.254. The SMILES string of the molecule is C=CC(=O)Nc1cccc(Nc2ncc(NC(=O)c3cc(NC(=O)c4ccc(N5CCN(C)CC5)cc4)ccc3C)cn2)c1. The zero-order chi connectivity index (χ0) is 31.1. The van der Waals surface area contributed by atoms with E-state index >= 15 is 0 Å². The van der Waals surface area contributed by atoms with Crippen molar-refractivity contribution in [1.82, 2.24) is 14.9 Å². The molecule has 5 rings (SSSR count). The molecule has 0 bridgehead atoms. The Morgan fingerprint density at radius 1 is 0.773 bits per heavy atom. The number of aryl methyl sites for hydroxylation is 1. The van der Waals surface area contributed by atoms with Crippen LogP contribution in [-0.2, 0) is 4.79 Å². The molecule has 1 aliphatic heterocycles. The van der Waals surface area contributed by atoms with E-state index < -0.39 is 0 Å². The van der Waals surface area contributed by atoms with Gasteiger partial charge in [0.15, 0.2) is 0 Å². The van der Waals surface area contributed by atoms with Gasteiger partial charge in [0.05, 0.1) is 18.1 Å². The average molecular weight is 591 g/mol. The number of aromatic nitrogens is 2. The van der Waals surface area contributed by atoms with Crippen molar-refractivity contribution in [1.29, 1.82) is 0 Å². The molecule has 4 aromatic rings. The van der Waals surface area contributed by atoms with Crippen LogP contribution in [0.3, 0.4) is 0 Å². The molecule has 0 saturated carbocycles. The molecule has 3 amide bonds. The summed E-state index contributed by atoms with van der Waals surface area (Å²) in [6.07, 6.45) is 4.17. The Morgan fingerprint density at radius 2 is 1.43 bits per heavy atom. The normalized spacial score (nSPS) is 13.1. The van der Waals surface area contributed by atoms with E-state index in [9.17, 15) is 14.4 Å². The number of carbonyl (C=O) groups is 3. The minimum Gasteiger partial charge on any atom is -0.369 e. The van der Waals surface area contributed by atoms with Gasteiger partial charge in [-0.2, -0.15) is 0 Å². The van der Waals surface area contributed by atoms with Gasteiger partial charge < -0.3 is 31.1 Å². The number of hydrogen-bond donors (Lipinski definition) is 4. The lowest BCUT2D eigenvalue weighted by atomic mass is 10.1. The molecular formula is C33H34N8O3. The van der Waals surface area contributed by atoms with Crippen molar-refractivity contribution in [3.63, 3.8) is 0 Å². The maximum Gasteiger partial charge on any atom is 0.256 e. The first kappa shape index (κ1) is 29.9. The summed E-state index contributed by atoms with van der Waals surface area (Å²) >= 11 is 0. The standard InChI is InChI=1S/C33H34N8O3/c1-4-30(42)36-24-6-5-7-25(18-24)39-33-34-20-27(21-35-33)38-32(44)29-19-26(11-8-22(29)2)37-31(43)23-9-12-28(13-10-23)41-16-14-40(3)15-17-41/h4-13,18-21H,1,14-17H2,2-3H3,(H,36,42)(H,37,43)(H,38,44)(H,34,35,39). The molecule has 0 atom stereocenters. The van der Waals surface area contributed by atoms with Crippen LogP contribution < -0.4 is 26.2 Å². The van der Waals surface area contributed by atoms with Gasteiger partial charge in [0.1, 0.15) is 0 Å². The molecule has 0 unspecified atom stereocenters. The van der Waals surface area contributed by atoms with Crippen LogP contribution in [0.2, 0.25) is 0 Å². The Hall–Kier alpha value is -5.55. The smallest absolute Gasteiger partial charge is 0.256 e. The average Bonchev–Trinajstić information content (AvgIpc) is 3.03. The van der Waals surface area contributed by atoms with Gasteiger partial charge in [0, 0.05) is 60.1 Å². The zero-order valence-electron chi connectivity index (χ0n) is 24.6. The fourth-order valence-electron chi connectivity index (χ4n) is 4.69. The molecule has 1 aliphatic rings. The molecule has 0 spiro atoms. The first-order chi connectivity index (χ1) is 21.3. The van der Waals surface area contributed by atoms with Crippen molar-refractivity contribution in [3.05, 3.63) is 108 Å². The van der Waals surface area contributed by atoms with E-state index in [2.05, 4.69) is 54.7 Å². The van der Waals surface area contributed by atoms with Crippen LogP contribution in [0.4, 0.5) is 34.4 Å². The van der Waals surface area contributed by atoms with Gasteiger partial charge >= 0.3 is 0 Å². The highest BCUT2D eigenvalue weighted by Crippen LogP contribution is 2.22. The summed E-state index contributed by atoms with van der Waals surface area (Å²) in [6.45, 7) is 9.20. The molecule has 0 radical (unpaired) electrons. The number of piperazine rings is 1. The van der Waals surface area contributed by atoms with E-state index in [-0.39, 0.29) is 17.7 Å². The summed E-state index contributed by atoms with van der Waals surface area (Å²) in [5.74, 6) is -0.610. The van der Waals surface area contributed by atoms with Crippen LogP contribution in [-0.4, -0.2) is 65.8 Å². The third-order valence-corrected chi connectivity index (χ3v) is 7.22. The number of amides is 3. The molecule has 1 aromatic heterocycles. The first-order valence-electron chi connectivity index (χ1n) is 14.2. The number of carbonyl (C=O) groups excluding carboxylic acids is 3. The van der Waals surface area contributed by atoms with Crippen LogP contribution in [0, 0.1) is 6.92 Å². The Labute approximate surface area is 256 Å². The lowest BCUT2D eigenvalue weighted by Gasteiger charge is -2.34. The summed E-state index contributed by atoms with van der Waals surface area (Å²) in [4.78, 5) is 50.8. The summed E-state index contributed by atoms with van der Waals surface area (Å²) in [6, 6.07) is 19.9. The molecule has 11 nitrogen and oxygen atoms in total. The van der Waals surface area contributed by atoms with E-state index in [0.29, 0.717) is 39.8 Å². The molecule has 224 valence electrons. The second-order valence-corrected chi connectivity index (χ2v) is 10.5. The Morgan fingerprint density at radius 3 is 2.14 bits per heavy atom. The third kappa shape index (κ3) is 7.64. The van der Waals surface area contributed by atoms with Gasteiger partial charge in [-0.15, -0.1) is 0 Å². The zero-order valence-corrected chi connectivity index (χ0v) is 24.6. The first-order valence-corrected chi connectivity index (χ1v) is 14.2. The van der Waals surface area contributed by atoms with Crippen molar-refractivity contribution in [2.24, 2.45) is 0 Å². The molecule has 1 fully saturated rings. The van der Waals surface area contributed by atoms with Crippen molar-refractivity contribution in [2.45, 2.75) is 6.92 Å². The van der Waals surface area contributed by atoms with Crippen molar-refractivity contribution < 1.29 is 14.4 Å². The Kier molecular flexibility index (Phi) is 9.26. The van der Waals surface area contributed by atoms with Gasteiger partial charge in [0.25, 0.3) is 11.8 Å². The van der Waals surface area contributed by atoms with Gasteiger partial charge in [-0.25, -0.2) is 9.97 Å². The molecule has 1 saturated heterocycles. The summed E-state index contributed by atoms with van der Waals surface area (Å²) in [5, 5.41) is 11.5. The number of hydrogen-bond acceptors (Lipinski definition) is 8. The van der Waals surface area contributed by atoms with Gasteiger partial charge in [-0.05, 0) is 80.2 Å². The minimum atomic E-state index is -0.356. The molecule has 2 heterocycles. The summed E-state index contributed by atoms with van der Waals surface area (Å²) in [5.41, 5.74) is 4.97. The number of anilines is 6. The van der Waals surface area contributed by atoms with Crippen LogP contribution in [0.15, 0.2) is 91.8 Å². The maximum absolute atomic E-state index is 13.1. The highest BCUT2D eigenvalue weighted by Gasteiger charge is 2.16. The van der Waals surface area contributed by atoms with Crippen LogP contribution >= 0.6 is 0 Å². The van der Waals surface area contributed by atoms with Crippen LogP contribution in [0.5, 0.6) is 0 Å². The molecule has 4 N–H and O–H groups in total. The topological polar surface area (TPSA) is 132 Å². The maximum atomic E-state index is 13.1. The van der Waals surface area contributed by atoms with Gasteiger partial charge in [-0.1, -0.05) is 18.7 Å². The van der Waals surface area contributed by atoms with Gasteiger partial charge in [0.2, 0.25) is 11.9 Å². The lowest BCUT2D eigenvalue weighted by molar-refractivity contribution is -0.111. The third-order valence-electron chi connectivity index (χ3n) is 7.22. The Bertz CT molecular complexity index is 1660. The second kappa shape index (κ2) is 13.6. The van der Waals surface area contributed by atoms with E-state index in [1.165, 1.54) is 18.5 Å². The van der Waals surface area contributed by atoms with Crippen LogP contribution in [0.1, 0.15) is 26.3 Å². The van der Waals surface area contributed by atoms with E-state index in [0.717, 1.165) is 37.4 Å². The largest absolute Gasteiger partial charge is 0.369 e. The van der Waals surface area contributed by atoms with Crippen LogP contribution in [0.25, 0.3) is 0 Å². The molecular weight excluding hydrogens is 556 g/mol. The van der Waals surface area contributed by atoms with E-state index in [1.54, 1.807) is 42.5 Å². The summed E-state index contributed by atoms with van der Waals surface area (Å²) in [7, 11) is 2.12. The fourth-order valence-corrected chi connectivity index (χ4v) is 4.69. The highest BCUT2D eigenvalue weighted by atomic mass is 16.2. The molecule has 11 heteroatoms. The number of benzene rings is 3.